The Morgan fingerprint density at radius 2 is 1.89 bits per heavy atom. The Morgan fingerprint density at radius 3 is 2.32 bits per heavy atom. The zero-order valence-corrected chi connectivity index (χ0v) is 10.6. The molecule has 19 heavy (non-hydrogen) atoms. The van der Waals surface area contributed by atoms with Crippen LogP contribution in [0.4, 0.5) is 5.69 Å². The van der Waals surface area contributed by atoms with Crippen LogP contribution < -0.4 is 0 Å². The topological polar surface area (TPSA) is 104 Å². The quantitative estimate of drug-likeness (QED) is 0.571. The molecule has 0 heterocycles. The van der Waals surface area contributed by atoms with Crippen molar-refractivity contribution in [3.8, 4) is 0 Å². The molecule has 0 atom stereocenters. The molecule has 7 heteroatoms. The fourth-order valence-electron chi connectivity index (χ4n) is 1.73. The van der Waals surface area contributed by atoms with Gasteiger partial charge in [0, 0.05) is 30.8 Å². The summed E-state index contributed by atoms with van der Waals surface area (Å²) in [6, 6.07) is 3.97. The van der Waals surface area contributed by atoms with E-state index in [2.05, 4.69) is 0 Å². The lowest BCUT2D eigenvalue weighted by Gasteiger charge is -2.21. The van der Waals surface area contributed by atoms with E-state index >= 15 is 0 Å². The number of aliphatic hydroxyl groups is 2. The van der Waals surface area contributed by atoms with Crippen LogP contribution in [0.5, 0.6) is 0 Å². The zero-order valence-electron chi connectivity index (χ0n) is 10.6. The van der Waals surface area contributed by atoms with E-state index < -0.39 is 4.92 Å². The predicted octanol–water partition coefficient (Wildman–Crippen LogP) is 0.330. The molecule has 0 aliphatic carbocycles. The molecule has 1 amide bonds. The van der Waals surface area contributed by atoms with Gasteiger partial charge in [0.2, 0.25) is 0 Å². The molecule has 0 saturated heterocycles. The summed E-state index contributed by atoms with van der Waals surface area (Å²) < 4.78 is 0. The maximum absolute atomic E-state index is 12.2. The monoisotopic (exact) mass is 268 g/mol. The predicted molar refractivity (Wildman–Crippen MR) is 67.9 cm³/mol. The van der Waals surface area contributed by atoms with Crippen LogP contribution in [-0.4, -0.2) is 52.2 Å². The fraction of sp³-hybridized carbons (Fsp3) is 0.417. The highest BCUT2D eigenvalue weighted by atomic mass is 16.6. The van der Waals surface area contributed by atoms with E-state index in [0.717, 1.165) is 0 Å². The van der Waals surface area contributed by atoms with E-state index in [1.165, 1.54) is 23.1 Å². The summed E-state index contributed by atoms with van der Waals surface area (Å²) in [5.41, 5.74) is 0.734. The van der Waals surface area contributed by atoms with Gasteiger partial charge in [-0.05, 0) is 18.6 Å². The first kappa shape index (κ1) is 15.1. The Labute approximate surface area is 110 Å². The molecule has 1 aromatic carbocycles. The number of aliphatic hydroxyl groups excluding tert-OH is 2. The van der Waals surface area contributed by atoms with Crippen molar-refractivity contribution >= 4 is 11.6 Å². The number of hydrogen-bond donors (Lipinski definition) is 2. The van der Waals surface area contributed by atoms with Crippen LogP contribution in [0.2, 0.25) is 0 Å². The Bertz CT molecular complexity index is 469. The van der Waals surface area contributed by atoms with E-state index in [1.807, 2.05) is 0 Å². The van der Waals surface area contributed by atoms with Gasteiger partial charge in [-0.3, -0.25) is 14.9 Å². The molecular formula is C12H16N2O5. The van der Waals surface area contributed by atoms with E-state index in [4.69, 9.17) is 10.2 Å². The number of nitrogens with zero attached hydrogens (tertiary/aromatic N) is 2. The van der Waals surface area contributed by atoms with Gasteiger partial charge in [0.25, 0.3) is 11.6 Å². The van der Waals surface area contributed by atoms with Crippen molar-refractivity contribution < 1.29 is 19.9 Å². The molecular weight excluding hydrogens is 252 g/mol. The van der Waals surface area contributed by atoms with E-state index in [-0.39, 0.29) is 37.9 Å². The molecule has 0 aliphatic rings. The van der Waals surface area contributed by atoms with Crippen LogP contribution >= 0.6 is 0 Å². The summed E-state index contributed by atoms with van der Waals surface area (Å²) in [6.45, 7) is 1.40. The molecule has 7 nitrogen and oxygen atoms in total. The number of rotatable bonds is 6. The number of amides is 1. The van der Waals surface area contributed by atoms with Crippen molar-refractivity contribution in [3.63, 3.8) is 0 Å². The van der Waals surface area contributed by atoms with Gasteiger partial charge in [0.1, 0.15) is 0 Å². The lowest BCUT2D eigenvalue weighted by Crippen LogP contribution is -2.36. The summed E-state index contributed by atoms with van der Waals surface area (Å²) in [7, 11) is 0. The van der Waals surface area contributed by atoms with Crippen LogP contribution in [0.15, 0.2) is 18.2 Å². The normalized spacial score (nSPS) is 10.3. The number of aryl methyl sites for hydroxylation is 1. The van der Waals surface area contributed by atoms with Gasteiger partial charge in [-0.15, -0.1) is 0 Å². The second-order valence-corrected chi connectivity index (χ2v) is 4.00. The Kier molecular flexibility index (Phi) is 5.40. The summed E-state index contributed by atoms with van der Waals surface area (Å²) in [5.74, 6) is -0.365. The Balaban J connectivity index is 3.01. The highest BCUT2D eigenvalue weighted by molar-refractivity contribution is 5.96. The second-order valence-electron chi connectivity index (χ2n) is 4.00. The largest absolute Gasteiger partial charge is 0.395 e. The SMILES string of the molecule is Cc1cc([N+](=O)[O-])ccc1C(=O)N(CCO)CCO. The summed E-state index contributed by atoms with van der Waals surface area (Å²) in [4.78, 5) is 23.6. The summed E-state index contributed by atoms with van der Waals surface area (Å²) in [6.07, 6.45) is 0. The van der Waals surface area contributed by atoms with Crippen LogP contribution in [-0.2, 0) is 0 Å². The van der Waals surface area contributed by atoms with Gasteiger partial charge < -0.3 is 15.1 Å². The maximum Gasteiger partial charge on any atom is 0.269 e. The van der Waals surface area contributed by atoms with Gasteiger partial charge in [-0.2, -0.15) is 0 Å². The maximum atomic E-state index is 12.2. The average molecular weight is 268 g/mol. The smallest absolute Gasteiger partial charge is 0.269 e. The zero-order chi connectivity index (χ0) is 14.4. The first-order chi connectivity index (χ1) is 9.01. The molecule has 0 spiro atoms. The fourth-order valence-corrected chi connectivity index (χ4v) is 1.73. The summed E-state index contributed by atoms with van der Waals surface area (Å²) in [5, 5.41) is 28.4. The number of carbonyl (C=O) groups excluding carboxylic acids is 1. The number of hydrogen-bond acceptors (Lipinski definition) is 5. The highest BCUT2D eigenvalue weighted by Gasteiger charge is 2.18. The Hall–Kier alpha value is -1.99. The number of non-ortho nitro benzene ring substituents is 1. The van der Waals surface area contributed by atoms with Crippen molar-refractivity contribution in [2.45, 2.75) is 6.92 Å². The Morgan fingerprint density at radius 1 is 1.32 bits per heavy atom. The third kappa shape index (κ3) is 3.73. The lowest BCUT2D eigenvalue weighted by molar-refractivity contribution is -0.384. The molecule has 1 rings (SSSR count). The number of nitro benzene ring substituents is 1. The van der Waals surface area contributed by atoms with E-state index in [1.54, 1.807) is 6.92 Å². The van der Waals surface area contributed by atoms with Crippen LogP contribution in [0.3, 0.4) is 0 Å². The molecule has 0 fully saturated rings. The van der Waals surface area contributed by atoms with Crippen molar-refractivity contribution in [3.05, 3.63) is 39.4 Å². The third-order valence-corrected chi connectivity index (χ3v) is 2.68. The van der Waals surface area contributed by atoms with Crippen molar-refractivity contribution in [2.75, 3.05) is 26.3 Å². The number of benzene rings is 1. The number of carbonyl (C=O) groups is 1. The van der Waals surface area contributed by atoms with Gasteiger partial charge in [-0.25, -0.2) is 0 Å². The lowest BCUT2D eigenvalue weighted by atomic mass is 10.1. The first-order valence-electron chi connectivity index (χ1n) is 5.77. The average Bonchev–Trinajstić information content (AvgIpc) is 2.37. The molecule has 2 N–H and O–H groups in total. The van der Waals surface area contributed by atoms with Crippen LogP contribution in [0, 0.1) is 17.0 Å². The molecule has 0 aromatic heterocycles. The molecule has 0 saturated carbocycles. The van der Waals surface area contributed by atoms with Crippen LogP contribution in [0.1, 0.15) is 15.9 Å². The van der Waals surface area contributed by atoms with Crippen molar-refractivity contribution in [1.29, 1.82) is 0 Å². The van der Waals surface area contributed by atoms with E-state index in [9.17, 15) is 14.9 Å². The molecule has 0 unspecified atom stereocenters. The van der Waals surface area contributed by atoms with Gasteiger partial charge in [0.15, 0.2) is 0 Å². The first-order valence-corrected chi connectivity index (χ1v) is 5.77. The van der Waals surface area contributed by atoms with Gasteiger partial charge in [-0.1, -0.05) is 0 Å². The van der Waals surface area contributed by atoms with Crippen molar-refractivity contribution in [2.24, 2.45) is 0 Å². The molecule has 0 radical (unpaired) electrons. The van der Waals surface area contributed by atoms with Crippen molar-refractivity contribution in [1.82, 2.24) is 4.90 Å². The molecule has 1 aromatic rings. The number of nitro groups is 1. The minimum Gasteiger partial charge on any atom is -0.395 e. The standard InChI is InChI=1S/C12H16N2O5/c1-9-8-10(14(18)19)2-3-11(9)12(17)13(4-6-15)5-7-16/h2-3,8,15-16H,4-7H2,1H3. The highest BCUT2D eigenvalue weighted by Crippen LogP contribution is 2.18. The molecule has 0 aliphatic heterocycles. The third-order valence-electron chi connectivity index (χ3n) is 2.68. The second kappa shape index (κ2) is 6.81. The molecule has 104 valence electrons. The summed E-state index contributed by atoms with van der Waals surface area (Å²) >= 11 is 0. The molecule has 0 bridgehead atoms. The minimum absolute atomic E-state index is 0.0788. The van der Waals surface area contributed by atoms with Gasteiger partial charge >= 0.3 is 0 Å². The van der Waals surface area contributed by atoms with E-state index in [0.29, 0.717) is 11.1 Å². The van der Waals surface area contributed by atoms with Gasteiger partial charge in [0.05, 0.1) is 18.1 Å². The minimum atomic E-state index is -0.527. The van der Waals surface area contributed by atoms with Crippen LogP contribution in [0.25, 0.3) is 0 Å².